The highest BCUT2D eigenvalue weighted by Gasteiger charge is 2.11. The summed E-state index contributed by atoms with van der Waals surface area (Å²) in [6, 6.07) is 7.10. The average Bonchev–Trinajstić information content (AvgIpc) is 2.51. The van der Waals surface area contributed by atoms with Crippen molar-refractivity contribution in [2.75, 3.05) is 21.1 Å². The van der Waals surface area contributed by atoms with Gasteiger partial charge in [0.2, 0.25) is 0 Å². The van der Waals surface area contributed by atoms with E-state index in [-0.39, 0.29) is 0 Å². The molecule has 0 fully saturated rings. The van der Waals surface area contributed by atoms with Gasteiger partial charge in [-0.05, 0) is 37.0 Å². The average molecular weight is 333 g/mol. The van der Waals surface area contributed by atoms with Gasteiger partial charge in [0.1, 0.15) is 6.54 Å². The van der Waals surface area contributed by atoms with E-state index in [4.69, 9.17) is 0 Å². The predicted molar refractivity (Wildman–Crippen MR) is 108 cm³/mol. The zero-order chi connectivity index (χ0) is 17.8. The molecule has 0 aromatic heterocycles. The summed E-state index contributed by atoms with van der Waals surface area (Å²) in [5, 5.41) is 0. The maximum absolute atomic E-state index is 2.45. The van der Waals surface area contributed by atoms with Crippen molar-refractivity contribution in [2.45, 2.75) is 91.0 Å². The molecule has 0 aliphatic carbocycles. The minimum Gasteiger partial charge on any atom is -0.327 e. The van der Waals surface area contributed by atoms with E-state index in [2.05, 4.69) is 53.2 Å². The molecule has 0 unspecified atom stereocenters. The second kappa shape index (κ2) is 11.7. The maximum Gasteiger partial charge on any atom is 0.104 e. The Hall–Kier alpha value is -0.820. The molecule has 138 valence electrons. The summed E-state index contributed by atoms with van der Waals surface area (Å²) in [6.07, 6.45) is 15.4. The molecule has 0 aliphatic heterocycles. The van der Waals surface area contributed by atoms with E-state index in [1.54, 1.807) is 0 Å². The minimum absolute atomic E-state index is 1.00. The Morgan fingerprint density at radius 1 is 0.750 bits per heavy atom. The SMILES string of the molecule is CCCCCCCCCCCCc1ccc(C)c(C[N+](C)(C)C)c1. The van der Waals surface area contributed by atoms with Gasteiger partial charge < -0.3 is 4.48 Å². The predicted octanol–water partition coefficient (Wildman–Crippen LogP) is 6.66. The van der Waals surface area contributed by atoms with Gasteiger partial charge in [0, 0.05) is 5.56 Å². The second-order valence-electron chi connectivity index (χ2n) is 8.64. The van der Waals surface area contributed by atoms with Gasteiger partial charge >= 0.3 is 0 Å². The van der Waals surface area contributed by atoms with E-state index >= 15 is 0 Å². The molecule has 24 heavy (non-hydrogen) atoms. The first-order chi connectivity index (χ1) is 11.4. The molecule has 1 nitrogen and oxygen atoms in total. The molecule has 1 heteroatoms. The zero-order valence-electron chi connectivity index (χ0n) is 17.2. The normalized spacial score (nSPS) is 11.9. The van der Waals surface area contributed by atoms with Gasteiger partial charge in [-0.25, -0.2) is 0 Å². The van der Waals surface area contributed by atoms with Crippen molar-refractivity contribution in [3.63, 3.8) is 0 Å². The van der Waals surface area contributed by atoms with Crippen molar-refractivity contribution in [3.8, 4) is 0 Å². The Bertz CT molecular complexity index is 442. The molecule has 0 radical (unpaired) electrons. The van der Waals surface area contributed by atoms with Crippen LogP contribution in [-0.4, -0.2) is 25.6 Å². The van der Waals surface area contributed by atoms with Crippen LogP contribution in [0.1, 0.15) is 87.8 Å². The fourth-order valence-corrected chi connectivity index (χ4v) is 3.38. The summed E-state index contributed by atoms with van der Waals surface area (Å²) >= 11 is 0. The van der Waals surface area contributed by atoms with Crippen LogP contribution in [0.25, 0.3) is 0 Å². The smallest absolute Gasteiger partial charge is 0.104 e. The first-order valence-electron chi connectivity index (χ1n) is 10.3. The highest BCUT2D eigenvalue weighted by atomic mass is 15.3. The van der Waals surface area contributed by atoms with Gasteiger partial charge in [-0.2, -0.15) is 0 Å². The molecule has 0 saturated carbocycles. The highest BCUT2D eigenvalue weighted by molar-refractivity contribution is 5.30. The molecule has 0 heterocycles. The van der Waals surface area contributed by atoms with E-state index in [1.165, 1.54) is 87.3 Å². The first kappa shape index (κ1) is 21.2. The van der Waals surface area contributed by atoms with Crippen LogP contribution in [0.2, 0.25) is 0 Å². The van der Waals surface area contributed by atoms with Crippen molar-refractivity contribution in [3.05, 3.63) is 34.9 Å². The van der Waals surface area contributed by atoms with Crippen LogP contribution in [0.3, 0.4) is 0 Å². The lowest BCUT2D eigenvalue weighted by molar-refractivity contribution is -0.884. The first-order valence-corrected chi connectivity index (χ1v) is 10.3. The van der Waals surface area contributed by atoms with Crippen LogP contribution < -0.4 is 0 Å². The Balaban J connectivity index is 2.18. The van der Waals surface area contributed by atoms with Gasteiger partial charge in [0.05, 0.1) is 21.1 Å². The Labute approximate surface area is 152 Å². The van der Waals surface area contributed by atoms with Crippen molar-refractivity contribution < 1.29 is 4.48 Å². The van der Waals surface area contributed by atoms with Gasteiger partial charge in [-0.3, -0.25) is 0 Å². The van der Waals surface area contributed by atoms with Gasteiger partial charge in [-0.15, -0.1) is 0 Å². The second-order valence-corrected chi connectivity index (χ2v) is 8.64. The van der Waals surface area contributed by atoms with Crippen LogP contribution in [-0.2, 0) is 13.0 Å². The highest BCUT2D eigenvalue weighted by Crippen LogP contribution is 2.17. The number of unbranched alkanes of at least 4 members (excludes halogenated alkanes) is 9. The molecular formula is C23H42N+. The lowest BCUT2D eigenvalue weighted by Crippen LogP contribution is -2.33. The fourth-order valence-electron chi connectivity index (χ4n) is 3.38. The summed E-state index contributed by atoms with van der Waals surface area (Å²) < 4.78 is 1.00. The zero-order valence-corrected chi connectivity index (χ0v) is 17.2. The van der Waals surface area contributed by atoms with Crippen molar-refractivity contribution in [1.82, 2.24) is 0 Å². The lowest BCUT2D eigenvalue weighted by Gasteiger charge is -2.25. The summed E-state index contributed by atoms with van der Waals surface area (Å²) in [5.74, 6) is 0. The van der Waals surface area contributed by atoms with Gasteiger partial charge in [0.25, 0.3) is 0 Å². The molecule has 0 aliphatic rings. The minimum atomic E-state index is 1.00. The molecule has 0 saturated heterocycles. The summed E-state index contributed by atoms with van der Waals surface area (Å²) in [7, 11) is 6.82. The molecule has 1 rings (SSSR count). The number of nitrogens with zero attached hydrogens (tertiary/aromatic N) is 1. The van der Waals surface area contributed by atoms with Crippen LogP contribution in [0.15, 0.2) is 18.2 Å². The Kier molecular flexibility index (Phi) is 10.3. The topological polar surface area (TPSA) is 0 Å². The molecular weight excluding hydrogens is 290 g/mol. The molecule has 0 amide bonds. The van der Waals surface area contributed by atoms with Crippen molar-refractivity contribution >= 4 is 0 Å². The Morgan fingerprint density at radius 3 is 1.83 bits per heavy atom. The summed E-state index contributed by atoms with van der Waals surface area (Å²) in [4.78, 5) is 0. The monoisotopic (exact) mass is 332 g/mol. The van der Waals surface area contributed by atoms with E-state index in [0.29, 0.717) is 0 Å². The van der Waals surface area contributed by atoms with Crippen LogP contribution in [0.4, 0.5) is 0 Å². The number of hydrogen-bond acceptors (Lipinski definition) is 0. The molecule has 0 spiro atoms. The molecule has 0 N–H and O–H groups in total. The van der Waals surface area contributed by atoms with E-state index in [0.717, 1.165) is 11.0 Å². The Morgan fingerprint density at radius 2 is 1.29 bits per heavy atom. The van der Waals surface area contributed by atoms with E-state index in [1.807, 2.05) is 0 Å². The number of rotatable bonds is 13. The fraction of sp³-hybridized carbons (Fsp3) is 0.739. The lowest BCUT2D eigenvalue weighted by atomic mass is 9.99. The number of aryl methyl sites for hydroxylation is 2. The van der Waals surface area contributed by atoms with Crippen LogP contribution in [0, 0.1) is 6.92 Å². The molecule has 0 atom stereocenters. The maximum atomic E-state index is 2.45. The van der Waals surface area contributed by atoms with Crippen molar-refractivity contribution in [2.24, 2.45) is 0 Å². The van der Waals surface area contributed by atoms with Crippen molar-refractivity contribution in [1.29, 1.82) is 0 Å². The quantitative estimate of drug-likeness (QED) is 0.280. The number of hydrogen-bond donors (Lipinski definition) is 0. The third kappa shape index (κ3) is 10.1. The molecule has 0 bridgehead atoms. The van der Waals surface area contributed by atoms with Crippen LogP contribution in [0.5, 0.6) is 0 Å². The van der Waals surface area contributed by atoms with Gasteiger partial charge in [-0.1, -0.05) is 76.8 Å². The summed E-state index contributed by atoms with van der Waals surface area (Å²) in [5.41, 5.74) is 4.49. The summed E-state index contributed by atoms with van der Waals surface area (Å²) in [6.45, 7) is 5.66. The number of quaternary nitrogens is 1. The van der Waals surface area contributed by atoms with Gasteiger partial charge in [0.15, 0.2) is 0 Å². The third-order valence-corrected chi connectivity index (χ3v) is 4.88. The molecule has 1 aromatic rings. The number of benzene rings is 1. The molecule has 1 aromatic carbocycles. The van der Waals surface area contributed by atoms with E-state index in [9.17, 15) is 0 Å². The standard InChI is InChI=1S/C23H42N/c1-6-7-8-9-10-11-12-13-14-15-16-22-18-17-21(2)23(19-22)20-24(3,4)5/h17-19H,6-16,20H2,1-5H3/q+1. The largest absolute Gasteiger partial charge is 0.327 e. The third-order valence-electron chi connectivity index (χ3n) is 4.88. The van der Waals surface area contributed by atoms with Crippen LogP contribution >= 0.6 is 0 Å². The van der Waals surface area contributed by atoms with E-state index < -0.39 is 0 Å².